The molecule has 10 heavy (non-hydrogen) atoms. The third-order valence-electron chi connectivity index (χ3n) is 1.70. The molecule has 0 amide bonds. The van der Waals surface area contributed by atoms with Crippen molar-refractivity contribution in [1.29, 1.82) is 0 Å². The number of halogens is 1. The summed E-state index contributed by atoms with van der Waals surface area (Å²) in [5.41, 5.74) is 0. The van der Waals surface area contributed by atoms with Crippen LogP contribution in [-0.2, 0) is 0 Å². The van der Waals surface area contributed by atoms with E-state index in [-0.39, 0.29) is 0 Å². The highest BCUT2D eigenvalue weighted by Crippen LogP contribution is 2.11. The van der Waals surface area contributed by atoms with Crippen LogP contribution < -0.4 is 0 Å². The molecule has 0 unspecified atom stereocenters. The van der Waals surface area contributed by atoms with Crippen LogP contribution in [0.4, 0.5) is 0 Å². The third kappa shape index (κ3) is 6.37. The molecule has 0 heterocycles. The lowest BCUT2D eigenvalue weighted by Gasteiger charge is -2.07. The molecule has 0 bridgehead atoms. The van der Waals surface area contributed by atoms with Crippen LogP contribution in [0.3, 0.4) is 0 Å². The molecule has 0 aromatic heterocycles. The Labute approximate surface area is 68.4 Å². The fourth-order valence-corrected chi connectivity index (χ4v) is 1.14. The monoisotopic (exact) mass is 164 g/mol. The molecule has 0 rings (SSSR count). The highest BCUT2D eigenvalue weighted by molar-refractivity contribution is 6.17. The first-order valence-electron chi connectivity index (χ1n) is 3.98. The zero-order valence-electron chi connectivity index (χ0n) is 6.65. The Morgan fingerprint density at radius 1 is 1.30 bits per heavy atom. The Hall–Kier alpha value is 0.250. The summed E-state index contributed by atoms with van der Waals surface area (Å²) in [5.74, 6) is 1.43. The zero-order chi connectivity index (χ0) is 7.82. The summed E-state index contributed by atoms with van der Waals surface area (Å²) in [6.45, 7) is 2.49. The molecule has 2 heteroatoms. The summed E-state index contributed by atoms with van der Waals surface area (Å²) < 4.78 is 0. The smallest absolute Gasteiger partial charge is 0.0433 e. The van der Waals surface area contributed by atoms with E-state index in [0.717, 1.165) is 18.7 Å². The molecule has 0 aliphatic carbocycles. The molecular weight excluding hydrogens is 148 g/mol. The highest BCUT2D eigenvalue weighted by atomic mass is 35.5. The van der Waals surface area contributed by atoms with Crippen LogP contribution in [0.5, 0.6) is 0 Å². The molecule has 0 fully saturated rings. The molecule has 0 aromatic rings. The van der Waals surface area contributed by atoms with Gasteiger partial charge in [0.15, 0.2) is 0 Å². The Morgan fingerprint density at radius 3 is 2.50 bits per heavy atom. The van der Waals surface area contributed by atoms with Crippen molar-refractivity contribution >= 4 is 11.6 Å². The third-order valence-corrected chi connectivity index (χ3v) is 1.97. The van der Waals surface area contributed by atoms with E-state index in [1.807, 2.05) is 0 Å². The average molecular weight is 165 g/mol. The summed E-state index contributed by atoms with van der Waals surface area (Å²) in [6.07, 6.45) is 4.44. The van der Waals surface area contributed by atoms with Crippen LogP contribution in [0.2, 0.25) is 0 Å². The van der Waals surface area contributed by atoms with Gasteiger partial charge in [-0.15, -0.1) is 11.6 Å². The molecule has 62 valence electrons. The van der Waals surface area contributed by atoms with Crippen LogP contribution in [0.25, 0.3) is 0 Å². The van der Waals surface area contributed by atoms with Crippen LogP contribution in [0, 0.1) is 5.92 Å². The van der Waals surface area contributed by atoms with E-state index in [9.17, 15) is 0 Å². The van der Waals surface area contributed by atoms with Crippen molar-refractivity contribution in [2.75, 3.05) is 12.5 Å². The largest absolute Gasteiger partial charge is 0.396 e. The Kier molecular flexibility index (Phi) is 7.54. The number of hydrogen-bond acceptors (Lipinski definition) is 1. The maximum absolute atomic E-state index is 8.57. The van der Waals surface area contributed by atoms with Crippen molar-refractivity contribution in [1.82, 2.24) is 0 Å². The molecule has 0 spiro atoms. The first-order chi connectivity index (χ1) is 4.81. The fraction of sp³-hybridized carbons (Fsp3) is 1.00. The van der Waals surface area contributed by atoms with Crippen molar-refractivity contribution in [3.8, 4) is 0 Å². The van der Waals surface area contributed by atoms with Gasteiger partial charge >= 0.3 is 0 Å². The van der Waals surface area contributed by atoms with E-state index in [2.05, 4.69) is 6.92 Å². The fourth-order valence-electron chi connectivity index (χ4n) is 0.952. The van der Waals surface area contributed by atoms with Crippen LogP contribution in [-0.4, -0.2) is 17.6 Å². The van der Waals surface area contributed by atoms with Gasteiger partial charge in [-0.25, -0.2) is 0 Å². The number of rotatable bonds is 6. The van der Waals surface area contributed by atoms with Crippen molar-refractivity contribution in [3.63, 3.8) is 0 Å². The molecular formula is C8H17ClO. The molecule has 0 radical (unpaired) electrons. The number of unbranched alkanes of at least 4 members (excludes halogenated alkanes) is 1. The SMILES string of the molecule is C[C@H](CCO)CCCCCl. The second-order valence-corrected chi connectivity index (χ2v) is 3.18. The van der Waals surface area contributed by atoms with Crippen molar-refractivity contribution in [2.45, 2.75) is 32.6 Å². The lowest BCUT2D eigenvalue weighted by Crippen LogP contribution is -1.97. The summed E-state index contributed by atoms with van der Waals surface area (Å²) in [7, 11) is 0. The van der Waals surface area contributed by atoms with Gasteiger partial charge < -0.3 is 5.11 Å². The van der Waals surface area contributed by atoms with E-state index in [1.54, 1.807) is 0 Å². The maximum Gasteiger partial charge on any atom is 0.0433 e. The quantitative estimate of drug-likeness (QED) is 0.472. The van der Waals surface area contributed by atoms with Gasteiger partial charge in [0, 0.05) is 12.5 Å². The first-order valence-corrected chi connectivity index (χ1v) is 4.51. The summed E-state index contributed by atoms with van der Waals surface area (Å²) in [5, 5.41) is 8.57. The van der Waals surface area contributed by atoms with Crippen molar-refractivity contribution in [3.05, 3.63) is 0 Å². The second kappa shape index (κ2) is 7.36. The second-order valence-electron chi connectivity index (χ2n) is 2.80. The van der Waals surface area contributed by atoms with Gasteiger partial charge in [-0.2, -0.15) is 0 Å². The van der Waals surface area contributed by atoms with E-state index in [0.29, 0.717) is 12.5 Å². The Bertz CT molecular complexity index is 66.3. The number of aliphatic hydroxyl groups is 1. The lowest BCUT2D eigenvalue weighted by molar-refractivity contribution is 0.257. The van der Waals surface area contributed by atoms with Crippen LogP contribution in [0.15, 0.2) is 0 Å². The minimum Gasteiger partial charge on any atom is -0.396 e. The molecule has 0 saturated carbocycles. The number of alkyl halides is 1. The van der Waals surface area contributed by atoms with Crippen molar-refractivity contribution in [2.24, 2.45) is 5.92 Å². The minimum atomic E-state index is 0.321. The molecule has 1 nitrogen and oxygen atoms in total. The molecule has 0 saturated heterocycles. The van der Waals surface area contributed by atoms with E-state index in [4.69, 9.17) is 16.7 Å². The maximum atomic E-state index is 8.57. The van der Waals surface area contributed by atoms with E-state index < -0.39 is 0 Å². The average Bonchev–Trinajstić information content (AvgIpc) is 1.89. The topological polar surface area (TPSA) is 20.2 Å². The highest BCUT2D eigenvalue weighted by Gasteiger charge is 1.99. The summed E-state index contributed by atoms with van der Waals surface area (Å²) in [4.78, 5) is 0. The first kappa shape index (κ1) is 10.2. The Morgan fingerprint density at radius 2 is 2.00 bits per heavy atom. The molecule has 0 aromatic carbocycles. The minimum absolute atomic E-state index is 0.321. The van der Waals surface area contributed by atoms with Gasteiger partial charge in [0.2, 0.25) is 0 Å². The Balaban J connectivity index is 2.97. The van der Waals surface area contributed by atoms with Crippen LogP contribution >= 0.6 is 11.6 Å². The van der Waals surface area contributed by atoms with Gasteiger partial charge in [-0.05, 0) is 18.8 Å². The van der Waals surface area contributed by atoms with Gasteiger partial charge in [0.1, 0.15) is 0 Å². The van der Waals surface area contributed by atoms with Gasteiger partial charge in [-0.3, -0.25) is 0 Å². The summed E-state index contributed by atoms with van der Waals surface area (Å²) >= 11 is 5.51. The normalized spacial score (nSPS) is 13.5. The van der Waals surface area contributed by atoms with Gasteiger partial charge in [0.05, 0.1) is 0 Å². The molecule has 1 N–H and O–H groups in total. The van der Waals surface area contributed by atoms with Crippen molar-refractivity contribution < 1.29 is 5.11 Å². The predicted molar refractivity (Wildman–Crippen MR) is 45.4 cm³/mol. The molecule has 1 atom stereocenters. The van der Waals surface area contributed by atoms with E-state index >= 15 is 0 Å². The number of aliphatic hydroxyl groups excluding tert-OH is 1. The number of hydrogen-bond donors (Lipinski definition) is 1. The standard InChI is InChI=1S/C8H17ClO/c1-8(5-7-10)4-2-3-6-9/h8,10H,2-7H2,1H3/t8-/m0/s1. The molecule has 0 aliphatic rings. The predicted octanol–water partition coefficient (Wildman–Crippen LogP) is 2.41. The zero-order valence-corrected chi connectivity index (χ0v) is 7.40. The van der Waals surface area contributed by atoms with Crippen LogP contribution in [0.1, 0.15) is 32.6 Å². The van der Waals surface area contributed by atoms with Gasteiger partial charge in [0.25, 0.3) is 0 Å². The van der Waals surface area contributed by atoms with E-state index in [1.165, 1.54) is 12.8 Å². The summed E-state index contributed by atoms with van der Waals surface area (Å²) in [6, 6.07) is 0. The molecule has 0 aliphatic heterocycles. The van der Waals surface area contributed by atoms with Gasteiger partial charge in [-0.1, -0.05) is 19.8 Å². The lowest BCUT2D eigenvalue weighted by atomic mass is 10.0.